The molecule has 17 atom stereocenters. The number of hydrogen-bond donors (Lipinski definition) is 8. The molecule has 4 aliphatic carbocycles. The largest absolute Gasteiger partial charge is 0.490 e. The average molecular weight is 737 g/mol. The Balaban J connectivity index is 0.00000336. The normalized spacial score (nSPS) is 49.6. The molecule has 10 heteroatoms. The van der Waals surface area contributed by atoms with Crippen molar-refractivity contribution in [3.05, 3.63) is 29.3 Å². The summed E-state index contributed by atoms with van der Waals surface area (Å²) in [5, 5.41) is 34.0. The van der Waals surface area contributed by atoms with Crippen LogP contribution in [0, 0.1) is 61.2 Å². The quantitative estimate of drug-likeness (QED) is 0.212. The molecule has 4 saturated carbocycles. The molecule has 8 N–H and O–H groups in total. The number of benzene rings is 1. The molecule has 5 saturated heterocycles. The third-order valence-corrected chi connectivity index (χ3v) is 15.5. The maximum absolute atomic E-state index is 6.82. The molecule has 50 heavy (non-hydrogen) atoms. The van der Waals surface area contributed by atoms with Gasteiger partial charge in [-0.1, -0.05) is 56.2 Å². The van der Waals surface area contributed by atoms with E-state index in [4.69, 9.17) is 4.74 Å². The summed E-state index contributed by atoms with van der Waals surface area (Å²) >= 11 is 0. The van der Waals surface area contributed by atoms with Crippen molar-refractivity contribution in [1.82, 2.24) is 42.5 Å². The standard InChI is InChI=1S/C40H64N8O.Cu/c1-21-15-18-32(22(2)19-21)49-23-16-17-30-31(20-23)40-47-38-29-14-8-7-13-28(29)36(45-38)43-34-25-10-4-3-9-24(25)33(41-34)42-35-26-11-5-6-12-27(26)37(44-35)46-39(30)48-40;/h15,18-19,23-31,33-48H,3-14,16-17,20H2,1-2H3;. The van der Waals surface area contributed by atoms with Gasteiger partial charge >= 0.3 is 0 Å². The molecule has 10 rings (SSSR count). The second-order valence-corrected chi connectivity index (χ2v) is 18.1. The molecule has 281 valence electrons. The fraction of sp³-hybridized carbons (Fsp3) is 0.850. The summed E-state index contributed by atoms with van der Waals surface area (Å²) in [6, 6.07) is 6.67. The van der Waals surface area contributed by atoms with Crippen molar-refractivity contribution < 1.29 is 21.8 Å². The third-order valence-electron chi connectivity index (χ3n) is 15.5. The summed E-state index contributed by atoms with van der Waals surface area (Å²) in [5.74, 6) is 6.40. The third kappa shape index (κ3) is 6.33. The molecule has 1 aromatic carbocycles. The molecule has 0 spiro atoms. The fourth-order valence-corrected chi connectivity index (χ4v) is 13.2. The van der Waals surface area contributed by atoms with Gasteiger partial charge in [0.05, 0.1) is 55.4 Å². The van der Waals surface area contributed by atoms with Crippen molar-refractivity contribution in [3.8, 4) is 5.75 Å². The van der Waals surface area contributed by atoms with Crippen LogP contribution < -0.4 is 47.3 Å². The molecular weight excluding hydrogens is 672 g/mol. The predicted molar refractivity (Wildman–Crippen MR) is 193 cm³/mol. The van der Waals surface area contributed by atoms with Crippen molar-refractivity contribution in [3.63, 3.8) is 0 Å². The van der Waals surface area contributed by atoms with E-state index in [0.717, 1.165) is 24.5 Å². The van der Waals surface area contributed by atoms with Gasteiger partial charge in [0.15, 0.2) is 0 Å². The molecule has 5 aliphatic heterocycles. The first-order valence-electron chi connectivity index (χ1n) is 20.9. The number of nitrogens with one attached hydrogen (secondary N) is 8. The molecule has 9 fully saturated rings. The summed E-state index contributed by atoms with van der Waals surface area (Å²) in [4.78, 5) is 0. The van der Waals surface area contributed by atoms with Crippen LogP contribution in [0.25, 0.3) is 0 Å². The van der Waals surface area contributed by atoms with E-state index in [2.05, 4.69) is 74.6 Å². The van der Waals surface area contributed by atoms with E-state index in [0.29, 0.717) is 84.6 Å². The van der Waals surface area contributed by atoms with Crippen molar-refractivity contribution in [2.45, 2.75) is 166 Å². The zero-order valence-electron chi connectivity index (χ0n) is 30.4. The van der Waals surface area contributed by atoms with Crippen LogP contribution in [0.1, 0.15) is 107 Å². The Hall–Kier alpha value is -0.781. The van der Waals surface area contributed by atoms with Gasteiger partial charge in [0.2, 0.25) is 0 Å². The van der Waals surface area contributed by atoms with E-state index >= 15 is 0 Å². The van der Waals surface area contributed by atoms with Crippen LogP contribution in [0.4, 0.5) is 0 Å². The van der Waals surface area contributed by atoms with Crippen LogP contribution in [0.5, 0.6) is 5.75 Å². The SMILES string of the molecule is Cc1ccc(OC2CCC3C4NC5NC(NC6NC(NC7NC(NC(N4)C3C2)C2CCCCC72)C2CCCCC62)C2CCCCC52)c(C)c1.[Cu]. The first-order valence-corrected chi connectivity index (χ1v) is 20.9. The zero-order chi connectivity index (χ0) is 32.6. The van der Waals surface area contributed by atoms with E-state index < -0.39 is 0 Å². The maximum atomic E-state index is 6.82. The summed E-state index contributed by atoms with van der Waals surface area (Å²) in [7, 11) is 0. The van der Waals surface area contributed by atoms with Crippen LogP contribution in [-0.4, -0.2) is 55.4 Å². The van der Waals surface area contributed by atoms with Gasteiger partial charge in [-0.05, 0) is 131 Å². The Kier molecular flexibility index (Phi) is 10.1. The van der Waals surface area contributed by atoms with Gasteiger partial charge in [-0.25, -0.2) is 0 Å². The molecule has 17 unspecified atom stereocenters. The van der Waals surface area contributed by atoms with Gasteiger partial charge < -0.3 is 4.74 Å². The second-order valence-electron chi connectivity index (χ2n) is 18.1. The molecule has 0 amide bonds. The Bertz CT molecular complexity index is 1350. The van der Waals surface area contributed by atoms with Gasteiger partial charge in [-0.3, -0.25) is 42.5 Å². The smallest absolute Gasteiger partial charge is 0.122 e. The molecule has 0 aromatic heterocycles. The van der Waals surface area contributed by atoms with Crippen LogP contribution in [0.2, 0.25) is 0 Å². The van der Waals surface area contributed by atoms with Crippen LogP contribution in [0.15, 0.2) is 18.2 Å². The van der Waals surface area contributed by atoms with E-state index in [9.17, 15) is 0 Å². The number of ether oxygens (including phenoxy) is 1. The Morgan fingerprint density at radius 1 is 0.440 bits per heavy atom. The van der Waals surface area contributed by atoms with Crippen LogP contribution in [0.3, 0.4) is 0 Å². The molecular formula is C40H64CuN8O. The molecule has 9 aliphatic rings. The van der Waals surface area contributed by atoms with E-state index in [1.54, 1.807) is 0 Å². The average Bonchev–Trinajstić information content (AvgIpc) is 3.85. The summed E-state index contributed by atoms with van der Waals surface area (Å²) in [6.45, 7) is 4.38. The number of fused-ring (bicyclic) bond motifs is 20. The zero-order valence-corrected chi connectivity index (χ0v) is 31.3. The predicted octanol–water partition coefficient (Wildman–Crippen LogP) is 4.28. The van der Waals surface area contributed by atoms with Gasteiger partial charge in [0, 0.05) is 17.1 Å². The second kappa shape index (κ2) is 14.5. The minimum atomic E-state index is 0. The molecule has 1 radical (unpaired) electrons. The molecule has 8 bridgehead atoms. The minimum Gasteiger partial charge on any atom is -0.490 e. The minimum absolute atomic E-state index is 0. The molecule has 9 nitrogen and oxygen atoms in total. The molecule has 5 heterocycles. The monoisotopic (exact) mass is 735 g/mol. The molecule has 1 aromatic rings. The van der Waals surface area contributed by atoms with E-state index in [1.807, 2.05) is 0 Å². The number of hydrogen-bond acceptors (Lipinski definition) is 9. The van der Waals surface area contributed by atoms with Gasteiger partial charge in [0.25, 0.3) is 0 Å². The first kappa shape index (κ1) is 35.0. The maximum Gasteiger partial charge on any atom is 0.122 e. The first-order chi connectivity index (χ1) is 24.1. The van der Waals surface area contributed by atoms with Gasteiger partial charge in [0.1, 0.15) is 5.75 Å². The van der Waals surface area contributed by atoms with Crippen molar-refractivity contribution in [2.24, 2.45) is 47.3 Å². The summed E-state index contributed by atoms with van der Waals surface area (Å²) < 4.78 is 6.82. The fourth-order valence-electron chi connectivity index (χ4n) is 13.2. The van der Waals surface area contributed by atoms with E-state index in [1.165, 1.54) is 94.6 Å². The number of aryl methyl sites for hydroxylation is 2. The Labute approximate surface area is 311 Å². The number of rotatable bonds is 2. The van der Waals surface area contributed by atoms with Crippen molar-refractivity contribution in [1.29, 1.82) is 0 Å². The topological polar surface area (TPSA) is 105 Å². The van der Waals surface area contributed by atoms with Crippen molar-refractivity contribution in [2.75, 3.05) is 0 Å². The Morgan fingerprint density at radius 3 is 1.14 bits per heavy atom. The van der Waals surface area contributed by atoms with Crippen LogP contribution in [-0.2, 0) is 17.1 Å². The van der Waals surface area contributed by atoms with Crippen LogP contribution >= 0.6 is 0 Å². The summed E-state index contributed by atoms with van der Waals surface area (Å²) in [5.41, 5.74) is 2.57. The Morgan fingerprint density at radius 2 is 0.780 bits per heavy atom. The van der Waals surface area contributed by atoms with Gasteiger partial charge in [-0.15, -0.1) is 0 Å². The van der Waals surface area contributed by atoms with Gasteiger partial charge in [-0.2, -0.15) is 0 Å². The van der Waals surface area contributed by atoms with Crippen molar-refractivity contribution >= 4 is 0 Å². The summed E-state index contributed by atoms with van der Waals surface area (Å²) in [6.07, 6.45) is 22.8. The van der Waals surface area contributed by atoms with E-state index in [-0.39, 0.29) is 29.3 Å².